The van der Waals surface area contributed by atoms with Crippen molar-refractivity contribution in [3.63, 3.8) is 0 Å². The van der Waals surface area contributed by atoms with E-state index in [9.17, 15) is 18.0 Å². The smallest absolute Gasteiger partial charge is 0.338 e. The quantitative estimate of drug-likeness (QED) is 0.829. The molecule has 1 N–H and O–H groups in total. The summed E-state index contributed by atoms with van der Waals surface area (Å²) in [5, 5.41) is 9.16. The first-order valence-electron chi connectivity index (χ1n) is 6.73. The van der Waals surface area contributed by atoms with Crippen LogP contribution in [-0.2, 0) is 19.6 Å². The lowest BCUT2D eigenvalue weighted by molar-refractivity contribution is -0.140. The largest absolute Gasteiger partial charge is 0.480 e. The van der Waals surface area contributed by atoms with Crippen LogP contribution in [-0.4, -0.2) is 49.5 Å². The molecule has 1 heterocycles. The van der Waals surface area contributed by atoms with Crippen LogP contribution in [0.4, 0.5) is 0 Å². The number of carbonyl (C=O) groups excluding carboxylic acids is 1. The summed E-state index contributed by atoms with van der Waals surface area (Å²) in [6.45, 7) is 1.66. The number of hydrogen-bond donors (Lipinski definition) is 1. The van der Waals surface area contributed by atoms with Crippen LogP contribution in [0.3, 0.4) is 0 Å². The molecule has 0 spiro atoms. The summed E-state index contributed by atoms with van der Waals surface area (Å²) in [5.74, 6) is -1.80. The molecule has 1 aromatic carbocycles. The van der Waals surface area contributed by atoms with Gasteiger partial charge in [-0.05, 0) is 37.5 Å². The molecule has 1 unspecified atom stereocenters. The van der Waals surface area contributed by atoms with Crippen LogP contribution >= 0.6 is 0 Å². The molecule has 8 heteroatoms. The summed E-state index contributed by atoms with van der Waals surface area (Å²) in [6.07, 6.45) is 0.774. The summed E-state index contributed by atoms with van der Waals surface area (Å²) < 4.78 is 31.1. The summed E-state index contributed by atoms with van der Waals surface area (Å²) in [4.78, 5) is 22.8. The lowest BCUT2D eigenvalue weighted by atomic mass is 10.1. The van der Waals surface area contributed by atoms with Crippen LogP contribution in [0.1, 0.15) is 28.8 Å². The highest BCUT2D eigenvalue weighted by atomic mass is 32.2. The fraction of sp³-hybridized carbons (Fsp3) is 0.429. The Labute approximate surface area is 128 Å². The van der Waals surface area contributed by atoms with Gasteiger partial charge in [0, 0.05) is 6.54 Å². The minimum Gasteiger partial charge on any atom is -0.480 e. The number of hydrogen-bond acceptors (Lipinski definition) is 5. The van der Waals surface area contributed by atoms with E-state index >= 15 is 0 Å². The number of carboxylic acid groups (broad SMARTS) is 1. The van der Waals surface area contributed by atoms with E-state index in [0.717, 1.165) is 4.31 Å². The zero-order valence-electron chi connectivity index (χ0n) is 12.3. The van der Waals surface area contributed by atoms with E-state index in [0.29, 0.717) is 6.42 Å². The molecule has 0 aromatic heterocycles. The van der Waals surface area contributed by atoms with Crippen LogP contribution in [0.25, 0.3) is 0 Å². The average molecular weight is 327 g/mol. The van der Waals surface area contributed by atoms with Crippen molar-refractivity contribution in [3.8, 4) is 0 Å². The number of benzene rings is 1. The summed E-state index contributed by atoms with van der Waals surface area (Å²) in [6, 6.07) is 3.22. The maximum Gasteiger partial charge on any atom is 0.338 e. The number of carboxylic acids is 1. The molecular formula is C14H17NO6S. The molecule has 1 aliphatic rings. The molecule has 0 radical (unpaired) electrons. The topological polar surface area (TPSA) is 101 Å². The van der Waals surface area contributed by atoms with Crippen LogP contribution in [0.5, 0.6) is 0 Å². The van der Waals surface area contributed by atoms with E-state index in [1.807, 2.05) is 0 Å². The molecule has 1 atom stereocenters. The number of esters is 1. The summed E-state index contributed by atoms with van der Waals surface area (Å²) in [5.41, 5.74) is 0.403. The van der Waals surface area contributed by atoms with Crippen molar-refractivity contribution in [2.24, 2.45) is 0 Å². The molecule has 22 heavy (non-hydrogen) atoms. The van der Waals surface area contributed by atoms with Crippen molar-refractivity contribution in [1.82, 2.24) is 4.31 Å². The van der Waals surface area contributed by atoms with Crippen molar-refractivity contribution in [2.75, 3.05) is 13.7 Å². The lowest BCUT2D eigenvalue weighted by Crippen LogP contribution is -2.40. The van der Waals surface area contributed by atoms with E-state index < -0.39 is 28.0 Å². The zero-order chi connectivity index (χ0) is 16.5. The van der Waals surface area contributed by atoms with Crippen LogP contribution in [0.15, 0.2) is 23.1 Å². The second-order valence-electron chi connectivity index (χ2n) is 5.03. The van der Waals surface area contributed by atoms with E-state index in [1.54, 1.807) is 0 Å². The first kappa shape index (κ1) is 16.4. The van der Waals surface area contributed by atoms with Gasteiger partial charge in [-0.2, -0.15) is 4.31 Å². The normalized spacial score (nSPS) is 19.1. The molecule has 120 valence electrons. The molecular weight excluding hydrogens is 310 g/mol. The number of carbonyl (C=O) groups is 2. The average Bonchev–Trinajstić information content (AvgIpc) is 2.97. The highest BCUT2D eigenvalue weighted by Gasteiger charge is 2.40. The molecule has 1 aliphatic heterocycles. The third-order valence-corrected chi connectivity index (χ3v) is 5.82. The first-order valence-corrected chi connectivity index (χ1v) is 8.17. The van der Waals surface area contributed by atoms with Crippen molar-refractivity contribution in [3.05, 3.63) is 29.3 Å². The Morgan fingerprint density at radius 3 is 2.64 bits per heavy atom. The third-order valence-electron chi connectivity index (χ3n) is 3.76. The van der Waals surface area contributed by atoms with Gasteiger partial charge >= 0.3 is 11.9 Å². The Balaban J connectivity index is 2.51. The number of nitrogens with zero attached hydrogens (tertiary/aromatic N) is 1. The van der Waals surface area contributed by atoms with Crippen molar-refractivity contribution < 1.29 is 27.9 Å². The van der Waals surface area contributed by atoms with Gasteiger partial charge in [0.15, 0.2) is 0 Å². The van der Waals surface area contributed by atoms with Crippen LogP contribution in [0, 0.1) is 6.92 Å². The maximum absolute atomic E-state index is 12.7. The van der Waals surface area contributed by atoms with E-state index in [1.165, 1.54) is 32.2 Å². The number of methoxy groups -OCH3 is 1. The van der Waals surface area contributed by atoms with Gasteiger partial charge in [0.1, 0.15) is 6.04 Å². The van der Waals surface area contributed by atoms with Gasteiger partial charge < -0.3 is 9.84 Å². The highest BCUT2D eigenvalue weighted by Crippen LogP contribution is 2.29. The molecule has 0 aliphatic carbocycles. The fourth-order valence-electron chi connectivity index (χ4n) is 2.63. The maximum atomic E-state index is 12.7. The molecule has 1 fully saturated rings. The van der Waals surface area contributed by atoms with Crippen molar-refractivity contribution >= 4 is 22.0 Å². The predicted octanol–water partition coefficient (Wildman–Crippen LogP) is 1.02. The first-order chi connectivity index (χ1) is 10.3. The van der Waals surface area contributed by atoms with Gasteiger partial charge in [-0.1, -0.05) is 6.07 Å². The SMILES string of the molecule is COC(=O)c1cccc(S(=O)(=O)N2CCCC2C(=O)O)c1C. The summed E-state index contributed by atoms with van der Waals surface area (Å²) in [7, 11) is -2.77. The molecule has 7 nitrogen and oxygen atoms in total. The Hall–Kier alpha value is -1.93. The molecule has 0 amide bonds. The van der Waals surface area contributed by atoms with Gasteiger partial charge in [0.25, 0.3) is 0 Å². The van der Waals surface area contributed by atoms with Crippen molar-refractivity contribution in [1.29, 1.82) is 0 Å². The molecule has 0 saturated carbocycles. The second-order valence-corrected chi connectivity index (χ2v) is 6.89. The van der Waals surface area contributed by atoms with Crippen molar-refractivity contribution in [2.45, 2.75) is 30.7 Å². The molecule has 1 saturated heterocycles. The summed E-state index contributed by atoms with van der Waals surface area (Å²) >= 11 is 0. The minimum atomic E-state index is -3.98. The number of aliphatic carboxylic acids is 1. The standard InChI is InChI=1S/C14H17NO6S/c1-9-10(14(18)21-2)5-3-7-12(9)22(19,20)15-8-4-6-11(15)13(16)17/h3,5,7,11H,4,6,8H2,1-2H3,(H,16,17). The predicted molar refractivity (Wildman–Crippen MR) is 77.1 cm³/mol. The highest BCUT2D eigenvalue weighted by molar-refractivity contribution is 7.89. The Morgan fingerprint density at radius 2 is 2.05 bits per heavy atom. The monoisotopic (exact) mass is 327 g/mol. The number of sulfonamides is 1. The van der Waals surface area contributed by atoms with Crippen LogP contribution < -0.4 is 0 Å². The fourth-order valence-corrected chi connectivity index (χ4v) is 4.53. The van der Waals surface area contributed by atoms with E-state index in [-0.39, 0.29) is 29.0 Å². The van der Waals surface area contributed by atoms with Gasteiger partial charge in [-0.25, -0.2) is 13.2 Å². The molecule has 2 rings (SSSR count). The zero-order valence-corrected chi connectivity index (χ0v) is 13.1. The van der Waals surface area contributed by atoms with E-state index in [4.69, 9.17) is 5.11 Å². The third kappa shape index (κ3) is 2.71. The number of ether oxygens (including phenoxy) is 1. The molecule has 0 bridgehead atoms. The Bertz CT molecular complexity index is 712. The van der Waals surface area contributed by atoms with E-state index in [2.05, 4.69) is 4.74 Å². The molecule has 1 aromatic rings. The van der Waals surface area contributed by atoms with Gasteiger partial charge in [-0.3, -0.25) is 4.79 Å². The second kappa shape index (κ2) is 6.05. The lowest BCUT2D eigenvalue weighted by Gasteiger charge is -2.22. The van der Waals surface area contributed by atoms with Gasteiger partial charge in [-0.15, -0.1) is 0 Å². The van der Waals surface area contributed by atoms with Gasteiger partial charge in [0.05, 0.1) is 17.6 Å². The van der Waals surface area contributed by atoms with Crippen LogP contribution in [0.2, 0.25) is 0 Å². The number of rotatable bonds is 4. The Morgan fingerprint density at radius 1 is 1.36 bits per heavy atom. The minimum absolute atomic E-state index is 0.0662. The van der Waals surface area contributed by atoms with Gasteiger partial charge in [0.2, 0.25) is 10.0 Å². The Kier molecular flexibility index (Phi) is 4.52.